The van der Waals surface area contributed by atoms with Crippen molar-refractivity contribution in [3.05, 3.63) is 35.9 Å². The molecule has 0 aliphatic rings. The van der Waals surface area contributed by atoms with E-state index in [2.05, 4.69) is 10.2 Å². The molecule has 2 aromatic heterocycles. The van der Waals surface area contributed by atoms with Gasteiger partial charge in [0.2, 0.25) is 0 Å². The van der Waals surface area contributed by atoms with E-state index in [4.69, 9.17) is 0 Å². The Balaban J connectivity index is 2.14. The Morgan fingerprint density at radius 1 is 0.789 bits per heavy atom. The Hall–Kier alpha value is -1.94. The first kappa shape index (κ1) is 13.5. The molecule has 4 nitrogen and oxygen atoms in total. The number of rotatable bonds is 2. The van der Waals surface area contributed by atoms with Crippen molar-refractivity contribution >= 4 is 7.55 Å². The zero-order chi connectivity index (χ0) is 14.3. The SMILES string of the molecule is FC(F)(F)c1ccn([BH2-]n2ccc(C(F)(F)F)n2)n1. The first-order valence-corrected chi connectivity index (χ1v) is 5.14. The van der Waals surface area contributed by atoms with Crippen molar-refractivity contribution < 1.29 is 26.3 Å². The minimum absolute atomic E-state index is 0.762. The van der Waals surface area contributed by atoms with E-state index in [1.165, 1.54) is 0 Å². The number of aromatic nitrogens is 4. The molecule has 0 aliphatic heterocycles. The third kappa shape index (κ3) is 3.09. The van der Waals surface area contributed by atoms with Crippen LogP contribution >= 0.6 is 0 Å². The molecule has 0 unspecified atom stereocenters. The van der Waals surface area contributed by atoms with Gasteiger partial charge in [-0.25, -0.2) is 10.2 Å². The van der Waals surface area contributed by atoms with E-state index in [-0.39, 0.29) is 0 Å². The lowest BCUT2D eigenvalue weighted by molar-refractivity contribution is -0.142. The highest BCUT2D eigenvalue weighted by Crippen LogP contribution is 2.28. The zero-order valence-electron chi connectivity index (χ0n) is 9.37. The van der Waals surface area contributed by atoms with Gasteiger partial charge in [-0.2, -0.15) is 26.3 Å². The van der Waals surface area contributed by atoms with Crippen LogP contribution in [0.1, 0.15) is 11.4 Å². The summed E-state index contributed by atoms with van der Waals surface area (Å²) >= 11 is 0. The number of alkyl halides is 6. The first-order valence-electron chi connectivity index (χ1n) is 5.14. The Kier molecular flexibility index (Phi) is 3.07. The monoisotopic (exact) mass is 283 g/mol. The van der Waals surface area contributed by atoms with E-state index >= 15 is 0 Å². The fourth-order valence-electron chi connectivity index (χ4n) is 1.57. The number of halogens is 6. The van der Waals surface area contributed by atoms with E-state index < -0.39 is 31.3 Å². The molecule has 0 aromatic carbocycles. The van der Waals surface area contributed by atoms with Crippen LogP contribution in [0, 0.1) is 0 Å². The van der Waals surface area contributed by atoms with Crippen LogP contribution in [0.4, 0.5) is 26.3 Å². The van der Waals surface area contributed by atoms with Crippen molar-refractivity contribution in [1.82, 2.24) is 19.4 Å². The molecule has 0 saturated heterocycles. The molecule has 2 aromatic rings. The zero-order valence-corrected chi connectivity index (χ0v) is 9.37. The highest BCUT2D eigenvalue weighted by Gasteiger charge is 2.34. The maximum absolute atomic E-state index is 12.3. The average Bonchev–Trinajstić information content (AvgIpc) is 2.84. The van der Waals surface area contributed by atoms with E-state index in [1.807, 2.05) is 0 Å². The number of hydrogen-bond acceptors (Lipinski definition) is 2. The van der Waals surface area contributed by atoms with Gasteiger partial charge >= 0.3 is 12.4 Å². The van der Waals surface area contributed by atoms with E-state index in [0.29, 0.717) is 0 Å². The molecule has 0 fully saturated rings. The first-order chi connectivity index (χ1) is 8.66. The van der Waals surface area contributed by atoms with Gasteiger partial charge in [-0.3, -0.25) is 0 Å². The third-order valence-corrected chi connectivity index (χ3v) is 2.42. The summed E-state index contributed by atoms with van der Waals surface area (Å²) in [6.07, 6.45) is -7.01. The molecule has 0 radical (unpaired) electrons. The molecule has 0 saturated carbocycles. The lowest BCUT2D eigenvalue weighted by atomic mass is 10.2. The molecule has 11 heteroatoms. The van der Waals surface area contributed by atoms with Gasteiger partial charge in [0, 0.05) is 0 Å². The second-order valence-corrected chi connectivity index (χ2v) is 3.94. The smallest absolute Gasteiger partial charge is 0.428 e. The summed E-state index contributed by atoms with van der Waals surface area (Å²) < 4.78 is 75.5. The molecule has 2 rings (SSSR count). The van der Waals surface area contributed by atoms with Crippen molar-refractivity contribution in [2.75, 3.05) is 0 Å². The molecule has 2 heterocycles. The second-order valence-electron chi connectivity index (χ2n) is 3.94. The van der Waals surface area contributed by atoms with Crippen LogP contribution in [0.2, 0.25) is 0 Å². The molecule has 0 bridgehead atoms. The quantitative estimate of drug-likeness (QED) is 0.618. The van der Waals surface area contributed by atoms with Crippen LogP contribution in [0.15, 0.2) is 24.5 Å². The Labute approximate surface area is 102 Å². The molecule has 0 aliphatic carbocycles. The van der Waals surface area contributed by atoms with Gasteiger partial charge in [0.15, 0.2) is 18.9 Å². The van der Waals surface area contributed by atoms with Gasteiger partial charge in [0.1, 0.15) is 0 Å². The van der Waals surface area contributed by atoms with E-state index in [9.17, 15) is 26.3 Å². The number of hydrogen-bond donors (Lipinski definition) is 0. The molecule has 0 atom stereocenters. The molecule has 0 amide bonds. The van der Waals surface area contributed by atoms with E-state index in [0.717, 1.165) is 33.7 Å². The van der Waals surface area contributed by atoms with Gasteiger partial charge < -0.3 is 9.19 Å². The van der Waals surface area contributed by atoms with Crippen molar-refractivity contribution in [3.63, 3.8) is 0 Å². The highest BCUT2D eigenvalue weighted by atomic mass is 19.4. The Bertz CT molecular complexity index is 518. The van der Waals surface area contributed by atoms with Crippen molar-refractivity contribution in [2.24, 2.45) is 0 Å². The van der Waals surface area contributed by atoms with Gasteiger partial charge in [0.25, 0.3) is 0 Å². The van der Waals surface area contributed by atoms with Gasteiger partial charge in [0.05, 0.1) is 0 Å². The van der Waals surface area contributed by atoms with Crippen LogP contribution in [-0.2, 0) is 12.4 Å². The van der Waals surface area contributed by atoms with Gasteiger partial charge in [-0.1, -0.05) is 0 Å². The second kappa shape index (κ2) is 4.32. The van der Waals surface area contributed by atoms with Crippen molar-refractivity contribution in [3.8, 4) is 0 Å². The van der Waals surface area contributed by atoms with Crippen LogP contribution in [0.3, 0.4) is 0 Å². The summed E-state index contributed by atoms with van der Waals surface area (Å²) in [5.74, 6) is 0. The molecule has 19 heavy (non-hydrogen) atoms. The predicted octanol–water partition coefficient (Wildman–Crippen LogP) is 1.51. The molecular weight excluding hydrogens is 277 g/mol. The maximum Gasteiger partial charge on any atom is 0.434 e. The minimum Gasteiger partial charge on any atom is -0.428 e. The third-order valence-electron chi connectivity index (χ3n) is 2.42. The summed E-state index contributed by atoms with van der Waals surface area (Å²) in [5.41, 5.74) is -2.17. The topological polar surface area (TPSA) is 35.6 Å². The maximum atomic E-state index is 12.3. The minimum atomic E-state index is -4.57. The van der Waals surface area contributed by atoms with Crippen molar-refractivity contribution in [2.45, 2.75) is 12.4 Å². The van der Waals surface area contributed by atoms with Gasteiger partial charge in [-0.15, -0.1) is 0 Å². The summed E-state index contributed by atoms with van der Waals surface area (Å²) in [7, 11) is -1.56. The molecule has 0 spiro atoms. The van der Waals surface area contributed by atoms with Crippen molar-refractivity contribution in [1.29, 1.82) is 0 Å². The van der Waals surface area contributed by atoms with E-state index in [1.54, 1.807) is 0 Å². The summed E-state index contributed by atoms with van der Waals surface area (Å²) in [6.45, 7) is 0. The average molecular weight is 283 g/mol. The van der Waals surface area contributed by atoms with Crippen LogP contribution in [-0.4, -0.2) is 26.9 Å². The largest absolute Gasteiger partial charge is 0.434 e. The summed E-state index contributed by atoms with van der Waals surface area (Å²) in [4.78, 5) is 0. The number of nitrogens with zero attached hydrogens (tertiary/aromatic N) is 4. The molecule has 0 N–H and O–H groups in total. The normalized spacial score (nSPS) is 12.9. The highest BCUT2D eigenvalue weighted by molar-refractivity contribution is 6.30. The van der Waals surface area contributed by atoms with Crippen LogP contribution < -0.4 is 0 Å². The Morgan fingerprint density at radius 2 is 1.16 bits per heavy atom. The van der Waals surface area contributed by atoms with Gasteiger partial charge in [-0.05, 0) is 24.5 Å². The van der Waals surface area contributed by atoms with Crippen LogP contribution in [0.5, 0.6) is 0 Å². The standard InChI is InChI=1S/C8H6BF6N4/c10-7(11,12)5-1-3-18(16-5)9-19-4-2-6(17-19)8(13,14)15/h1-4H,9H2/q-1. The fourth-order valence-corrected chi connectivity index (χ4v) is 1.57. The van der Waals surface area contributed by atoms with Crippen LogP contribution in [0.25, 0.3) is 0 Å². The molecular formula is C8H6BF6N4-. The summed E-state index contributed by atoms with van der Waals surface area (Å²) in [5, 5.41) is 6.51. The molecule has 104 valence electrons. The lowest BCUT2D eigenvalue weighted by Gasteiger charge is -2.10. The lowest BCUT2D eigenvalue weighted by Crippen LogP contribution is -2.20. The fraction of sp³-hybridized carbons (Fsp3) is 0.250. The summed E-state index contributed by atoms with van der Waals surface area (Å²) in [6, 6.07) is 1.52. The Morgan fingerprint density at radius 3 is 1.42 bits per heavy atom. The predicted molar refractivity (Wildman–Crippen MR) is 53.8 cm³/mol.